The van der Waals surface area contributed by atoms with Crippen LogP contribution in [0.4, 0.5) is 11.8 Å². The molecule has 1 fully saturated rings. The van der Waals surface area contributed by atoms with Crippen molar-refractivity contribution in [3.63, 3.8) is 0 Å². The van der Waals surface area contributed by atoms with Crippen LogP contribution < -0.4 is 11.5 Å². The van der Waals surface area contributed by atoms with Crippen LogP contribution in [0.15, 0.2) is 4.60 Å². The van der Waals surface area contributed by atoms with Crippen LogP contribution in [-0.4, -0.2) is 48.8 Å². The maximum atomic E-state index is 9.79. The molecule has 10 heteroatoms. The fourth-order valence-electron chi connectivity index (χ4n) is 2.27. The number of nitrogens with zero attached hydrogens (tertiary/aromatic N) is 4. The standard InChI is InChI=1S/C10H13BrN6O3/c11-7-6-8(12)14-10(13)15-9(6)17(16-7)5-1-3(19)4(2-18)20-5/h3-5,18-19H,1-2H2,(H4,12,13,14,15)/t3-,4+,5-/m0/s1. The highest BCUT2D eigenvalue weighted by Crippen LogP contribution is 2.34. The third-order valence-electron chi connectivity index (χ3n) is 3.21. The van der Waals surface area contributed by atoms with Crippen LogP contribution in [0.25, 0.3) is 11.0 Å². The van der Waals surface area contributed by atoms with Gasteiger partial charge in [-0.3, -0.25) is 0 Å². The molecule has 0 radical (unpaired) electrons. The second-order valence-corrected chi connectivity index (χ2v) is 5.27. The summed E-state index contributed by atoms with van der Waals surface area (Å²) < 4.78 is 7.49. The van der Waals surface area contributed by atoms with Gasteiger partial charge in [0.05, 0.1) is 18.1 Å². The first-order valence-corrected chi connectivity index (χ1v) is 6.71. The number of fused-ring (bicyclic) bond motifs is 1. The van der Waals surface area contributed by atoms with E-state index >= 15 is 0 Å². The first kappa shape index (κ1) is 13.5. The second-order valence-electron chi connectivity index (χ2n) is 4.52. The van der Waals surface area contributed by atoms with E-state index in [1.54, 1.807) is 0 Å². The Morgan fingerprint density at radius 2 is 2.15 bits per heavy atom. The number of nitrogen functional groups attached to an aromatic ring is 2. The number of hydrogen-bond donors (Lipinski definition) is 4. The maximum absolute atomic E-state index is 9.79. The zero-order valence-corrected chi connectivity index (χ0v) is 11.9. The second kappa shape index (κ2) is 4.81. The van der Waals surface area contributed by atoms with Gasteiger partial charge in [-0.15, -0.1) is 0 Å². The molecule has 108 valence electrons. The molecule has 0 bridgehead atoms. The van der Waals surface area contributed by atoms with E-state index < -0.39 is 18.4 Å². The lowest BCUT2D eigenvalue weighted by atomic mass is 10.2. The Morgan fingerprint density at radius 3 is 2.80 bits per heavy atom. The van der Waals surface area contributed by atoms with Crippen LogP contribution in [0.3, 0.4) is 0 Å². The van der Waals surface area contributed by atoms with Crippen molar-refractivity contribution in [2.24, 2.45) is 0 Å². The maximum Gasteiger partial charge on any atom is 0.224 e. The van der Waals surface area contributed by atoms with E-state index in [-0.39, 0.29) is 24.8 Å². The normalized spacial score (nSPS) is 26.4. The van der Waals surface area contributed by atoms with Gasteiger partial charge in [-0.05, 0) is 15.9 Å². The predicted octanol–water partition coefficient (Wildman–Crippen LogP) is -0.606. The molecule has 0 spiro atoms. The van der Waals surface area contributed by atoms with Crippen LogP contribution in [0.1, 0.15) is 12.6 Å². The minimum atomic E-state index is -0.764. The SMILES string of the molecule is Nc1nc(N)c2c(Br)nn([C@@H]3C[C@H](O)[C@@H](CO)O3)c2n1. The number of aliphatic hydroxyl groups is 2. The van der Waals surface area contributed by atoms with Crippen molar-refractivity contribution in [1.29, 1.82) is 0 Å². The lowest BCUT2D eigenvalue weighted by molar-refractivity contribution is -0.0471. The van der Waals surface area contributed by atoms with Crippen molar-refractivity contribution >= 4 is 38.7 Å². The van der Waals surface area contributed by atoms with E-state index in [0.29, 0.717) is 15.6 Å². The largest absolute Gasteiger partial charge is 0.394 e. The Bertz CT molecular complexity index is 662. The Morgan fingerprint density at radius 1 is 1.40 bits per heavy atom. The summed E-state index contributed by atoms with van der Waals surface area (Å²) in [5.74, 6) is 0.240. The van der Waals surface area contributed by atoms with E-state index in [0.717, 1.165) is 0 Å². The highest BCUT2D eigenvalue weighted by atomic mass is 79.9. The molecule has 3 rings (SSSR count). The number of ether oxygens (including phenoxy) is 1. The van der Waals surface area contributed by atoms with Crippen molar-refractivity contribution < 1.29 is 14.9 Å². The molecule has 2 aromatic heterocycles. The summed E-state index contributed by atoms with van der Waals surface area (Å²) in [7, 11) is 0. The Labute approximate surface area is 121 Å². The van der Waals surface area contributed by atoms with Crippen LogP contribution in [-0.2, 0) is 4.74 Å². The van der Waals surface area contributed by atoms with Gasteiger partial charge < -0.3 is 26.4 Å². The smallest absolute Gasteiger partial charge is 0.224 e. The molecule has 3 atom stereocenters. The molecule has 0 saturated carbocycles. The Hall–Kier alpha value is -1.49. The van der Waals surface area contributed by atoms with E-state index in [2.05, 4.69) is 31.0 Å². The topological polar surface area (TPSA) is 145 Å². The van der Waals surface area contributed by atoms with E-state index in [4.69, 9.17) is 21.3 Å². The summed E-state index contributed by atoms with van der Waals surface area (Å²) in [6, 6.07) is 0. The Balaban J connectivity index is 2.09. The number of nitrogens with two attached hydrogens (primary N) is 2. The van der Waals surface area contributed by atoms with Crippen LogP contribution >= 0.6 is 15.9 Å². The lowest BCUT2D eigenvalue weighted by Gasteiger charge is -2.12. The van der Waals surface area contributed by atoms with Gasteiger partial charge >= 0.3 is 0 Å². The number of rotatable bonds is 2. The molecule has 20 heavy (non-hydrogen) atoms. The molecular formula is C10H13BrN6O3. The molecule has 2 aromatic rings. The van der Waals surface area contributed by atoms with E-state index in [1.807, 2.05) is 0 Å². The van der Waals surface area contributed by atoms with Crippen LogP contribution in [0.5, 0.6) is 0 Å². The predicted molar refractivity (Wildman–Crippen MR) is 73.5 cm³/mol. The van der Waals surface area contributed by atoms with Crippen LogP contribution in [0, 0.1) is 0 Å². The number of hydrogen-bond acceptors (Lipinski definition) is 8. The van der Waals surface area contributed by atoms with Gasteiger partial charge in [0.25, 0.3) is 0 Å². The van der Waals surface area contributed by atoms with Gasteiger partial charge in [0.2, 0.25) is 5.95 Å². The van der Waals surface area contributed by atoms with Crippen molar-refractivity contribution in [3.8, 4) is 0 Å². The summed E-state index contributed by atoms with van der Waals surface area (Å²) in [5, 5.41) is 23.7. The third kappa shape index (κ3) is 2.00. The average molecular weight is 345 g/mol. The zero-order valence-electron chi connectivity index (χ0n) is 10.3. The molecule has 1 aliphatic heterocycles. The van der Waals surface area contributed by atoms with Gasteiger partial charge in [-0.25, -0.2) is 4.68 Å². The summed E-state index contributed by atoms with van der Waals surface area (Å²) in [6.45, 7) is -0.267. The molecule has 1 saturated heterocycles. The molecule has 6 N–H and O–H groups in total. The highest BCUT2D eigenvalue weighted by molar-refractivity contribution is 9.10. The summed E-state index contributed by atoms with van der Waals surface area (Å²) in [6.07, 6.45) is -1.67. The van der Waals surface area contributed by atoms with E-state index in [9.17, 15) is 5.11 Å². The molecule has 9 nitrogen and oxygen atoms in total. The van der Waals surface area contributed by atoms with Gasteiger partial charge in [-0.1, -0.05) is 0 Å². The first-order chi connectivity index (χ1) is 9.51. The minimum absolute atomic E-state index is 0.0286. The summed E-state index contributed by atoms with van der Waals surface area (Å²) in [4.78, 5) is 7.99. The average Bonchev–Trinajstić information content (AvgIpc) is 2.90. The summed E-state index contributed by atoms with van der Waals surface area (Å²) >= 11 is 3.29. The van der Waals surface area contributed by atoms with E-state index in [1.165, 1.54) is 4.68 Å². The van der Waals surface area contributed by atoms with Crippen molar-refractivity contribution in [1.82, 2.24) is 19.7 Å². The molecule has 1 aliphatic rings. The van der Waals surface area contributed by atoms with Gasteiger partial charge in [0.15, 0.2) is 11.9 Å². The molecule has 0 aliphatic carbocycles. The van der Waals surface area contributed by atoms with Crippen molar-refractivity contribution in [2.75, 3.05) is 18.1 Å². The monoisotopic (exact) mass is 344 g/mol. The van der Waals surface area contributed by atoms with Crippen molar-refractivity contribution in [3.05, 3.63) is 4.60 Å². The third-order valence-corrected chi connectivity index (χ3v) is 3.77. The molecule has 0 unspecified atom stereocenters. The minimum Gasteiger partial charge on any atom is -0.394 e. The number of aromatic nitrogens is 4. The number of anilines is 2. The Kier molecular flexibility index (Phi) is 3.24. The number of halogens is 1. The van der Waals surface area contributed by atoms with Crippen molar-refractivity contribution in [2.45, 2.75) is 24.9 Å². The van der Waals surface area contributed by atoms with Gasteiger partial charge in [0, 0.05) is 6.42 Å². The summed E-state index contributed by atoms with van der Waals surface area (Å²) in [5.41, 5.74) is 11.8. The highest BCUT2D eigenvalue weighted by Gasteiger charge is 2.36. The quantitative estimate of drug-likeness (QED) is 0.564. The molecular weight excluding hydrogens is 332 g/mol. The molecule has 0 amide bonds. The van der Waals surface area contributed by atoms with Gasteiger partial charge in [-0.2, -0.15) is 15.1 Å². The fourth-order valence-corrected chi connectivity index (χ4v) is 2.82. The number of aliphatic hydroxyl groups excluding tert-OH is 2. The fraction of sp³-hybridized carbons (Fsp3) is 0.500. The first-order valence-electron chi connectivity index (χ1n) is 5.92. The molecule has 0 aromatic carbocycles. The van der Waals surface area contributed by atoms with Crippen LogP contribution in [0.2, 0.25) is 0 Å². The lowest BCUT2D eigenvalue weighted by Crippen LogP contribution is -2.24. The molecule has 3 heterocycles. The zero-order chi connectivity index (χ0) is 14.4. The van der Waals surface area contributed by atoms with Gasteiger partial charge in [0.1, 0.15) is 16.5 Å².